The number of hydrogen-bond donors (Lipinski definition) is 0. The number of halogens is 2. The molecule has 2 rings (SSSR count). The zero-order valence-electron chi connectivity index (χ0n) is 11.7. The lowest BCUT2D eigenvalue weighted by molar-refractivity contribution is -0.119. The second kappa shape index (κ2) is 4.78. The van der Waals surface area contributed by atoms with Crippen LogP contribution in [0, 0.1) is 5.82 Å². The standard InChI is InChI=1S/C15H19ClFNO/c1-9-8-15(3,4)18(14(19)10(2)16)13-6-5-11(17)7-12(9)13/h5-7,9-10H,8H2,1-4H3/t9-,10-/m0/s1. The van der Waals surface area contributed by atoms with Crippen molar-refractivity contribution in [1.29, 1.82) is 0 Å². The van der Waals surface area contributed by atoms with Crippen molar-refractivity contribution in [3.8, 4) is 0 Å². The Kier molecular flexibility index (Phi) is 3.61. The lowest BCUT2D eigenvalue weighted by Gasteiger charge is -2.46. The Labute approximate surface area is 118 Å². The number of carbonyl (C=O) groups excluding carboxylic acids is 1. The first-order chi connectivity index (χ1) is 8.74. The number of carbonyl (C=O) groups is 1. The smallest absolute Gasteiger partial charge is 0.245 e. The maximum absolute atomic E-state index is 13.4. The fourth-order valence-electron chi connectivity index (χ4n) is 3.00. The van der Waals surface area contributed by atoms with Gasteiger partial charge in [-0.3, -0.25) is 4.79 Å². The molecule has 0 aliphatic carbocycles. The minimum atomic E-state index is -0.592. The van der Waals surface area contributed by atoms with Gasteiger partial charge in [-0.05, 0) is 56.9 Å². The summed E-state index contributed by atoms with van der Waals surface area (Å²) in [5, 5.41) is -0.592. The molecule has 1 amide bonds. The molecule has 0 saturated carbocycles. The van der Waals surface area contributed by atoms with Crippen molar-refractivity contribution in [2.45, 2.75) is 50.9 Å². The first-order valence-corrected chi connectivity index (χ1v) is 6.95. The van der Waals surface area contributed by atoms with Crippen molar-refractivity contribution in [2.75, 3.05) is 4.90 Å². The third kappa shape index (κ3) is 2.48. The number of hydrogen-bond acceptors (Lipinski definition) is 1. The number of nitrogens with zero attached hydrogens (tertiary/aromatic N) is 1. The molecule has 0 bridgehead atoms. The molecule has 1 heterocycles. The van der Waals surface area contributed by atoms with Gasteiger partial charge >= 0.3 is 0 Å². The third-order valence-corrected chi connectivity index (χ3v) is 3.92. The van der Waals surface area contributed by atoms with Gasteiger partial charge in [0, 0.05) is 11.2 Å². The summed E-state index contributed by atoms with van der Waals surface area (Å²) < 4.78 is 13.4. The zero-order chi connectivity index (χ0) is 14.4. The average molecular weight is 284 g/mol. The number of benzene rings is 1. The van der Waals surface area contributed by atoms with E-state index in [1.54, 1.807) is 17.9 Å². The predicted octanol–water partition coefficient (Wildman–Crippen LogP) is 4.07. The van der Waals surface area contributed by atoms with Gasteiger partial charge in [0.2, 0.25) is 5.91 Å². The van der Waals surface area contributed by atoms with Crippen molar-refractivity contribution in [1.82, 2.24) is 0 Å². The van der Waals surface area contributed by atoms with Gasteiger partial charge < -0.3 is 4.90 Å². The summed E-state index contributed by atoms with van der Waals surface area (Å²) in [6.45, 7) is 7.77. The summed E-state index contributed by atoms with van der Waals surface area (Å²) in [5.74, 6) is -0.182. The van der Waals surface area contributed by atoms with Crippen LogP contribution >= 0.6 is 11.6 Å². The molecule has 0 saturated heterocycles. The molecule has 1 aromatic rings. The SMILES string of the molecule is C[C@H](Cl)C(=O)N1c2ccc(F)cc2[C@@H](C)CC1(C)C. The van der Waals surface area contributed by atoms with Crippen molar-refractivity contribution in [3.63, 3.8) is 0 Å². The Morgan fingerprint density at radius 1 is 1.53 bits per heavy atom. The van der Waals surface area contributed by atoms with E-state index >= 15 is 0 Å². The van der Waals surface area contributed by atoms with E-state index < -0.39 is 5.38 Å². The minimum Gasteiger partial charge on any atom is -0.305 e. The number of amides is 1. The molecule has 2 nitrogen and oxygen atoms in total. The van der Waals surface area contributed by atoms with Crippen LogP contribution in [0.2, 0.25) is 0 Å². The number of alkyl halides is 1. The third-order valence-electron chi connectivity index (χ3n) is 3.73. The fraction of sp³-hybridized carbons (Fsp3) is 0.533. The topological polar surface area (TPSA) is 20.3 Å². The summed E-state index contributed by atoms with van der Waals surface area (Å²) in [6.07, 6.45) is 0.790. The van der Waals surface area contributed by atoms with Gasteiger partial charge in [0.1, 0.15) is 11.2 Å². The molecule has 2 atom stereocenters. The van der Waals surface area contributed by atoms with E-state index in [-0.39, 0.29) is 23.2 Å². The van der Waals surface area contributed by atoms with Crippen LogP contribution in [0.25, 0.3) is 0 Å². The lowest BCUT2D eigenvalue weighted by Crippen LogP contribution is -2.53. The summed E-state index contributed by atoms with van der Waals surface area (Å²) in [4.78, 5) is 14.1. The molecule has 1 aliphatic heterocycles. The highest BCUT2D eigenvalue weighted by atomic mass is 35.5. The largest absolute Gasteiger partial charge is 0.305 e. The Bertz CT molecular complexity index is 513. The summed E-state index contributed by atoms with van der Waals surface area (Å²) in [5.41, 5.74) is 1.34. The number of fused-ring (bicyclic) bond motifs is 1. The molecule has 4 heteroatoms. The maximum Gasteiger partial charge on any atom is 0.245 e. The van der Waals surface area contributed by atoms with E-state index in [9.17, 15) is 9.18 Å². The minimum absolute atomic E-state index is 0.133. The second-order valence-electron chi connectivity index (χ2n) is 5.91. The molecule has 0 fully saturated rings. The maximum atomic E-state index is 13.4. The van der Waals surface area contributed by atoms with Crippen LogP contribution in [0.4, 0.5) is 10.1 Å². The van der Waals surface area contributed by atoms with Crippen molar-refractivity contribution in [3.05, 3.63) is 29.6 Å². The van der Waals surface area contributed by atoms with E-state index in [0.29, 0.717) is 0 Å². The Balaban J connectivity index is 2.58. The quantitative estimate of drug-likeness (QED) is 0.712. The molecule has 1 aromatic carbocycles. The highest BCUT2D eigenvalue weighted by molar-refractivity contribution is 6.32. The van der Waals surface area contributed by atoms with Crippen LogP contribution in [-0.4, -0.2) is 16.8 Å². The molecule has 1 aliphatic rings. The van der Waals surface area contributed by atoms with E-state index in [2.05, 4.69) is 6.92 Å². The molecule has 0 radical (unpaired) electrons. The van der Waals surface area contributed by atoms with Gasteiger partial charge in [-0.25, -0.2) is 4.39 Å². The van der Waals surface area contributed by atoms with Crippen LogP contribution in [0.3, 0.4) is 0 Å². The van der Waals surface area contributed by atoms with Gasteiger partial charge in [0.25, 0.3) is 0 Å². The Morgan fingerprint density at radius 3 is 2.74 bits per heavy atom. The molecular weight excluding hydrogens is 265 g/mol. The van der Waals surface area contributed by atoms with Gasteiger partial charge in [-0.1, -0.05) is 6.92 Å². The Morgan fingerprint density at radius 2 is 2.16 bits per heavy atom. The first kappa shape index (κ1) is 14.3. The highest BCUT2D eigenvalue weighted by Crippen LogP contribution is 2.43. The van der Waals surface area contributed by atoms with Gasteiger partial charge in [-0.2, -0.15) is 0 Å². The van der Waals surface area contributed by atoms with Crippen molar-refractivity contribution in [2.24, 2.45) is 0 Å². The fourth-order valence-corrected chi connectivity index (χ4v) is 3.09. The first-order valence-electron chi connectivity index (χ1n) is 6.51. The van der Waals surface area contributed by atoms with Crippen LogP contribution in [0.5, 0.6) is 0 Å². The summed E-state index contributed by atoms with van der Waals surface area (Å²) in [7, 11) is 0. The number of anilines is 1. The summed E-state index contributed by atoms with van der Waals surface area (Å²) in [6, 6.07) is 4.60. The van der Waals surface area contributed by atoms with Crippen molar-refractivity contribution >= 4 is 23.2 Å². The average Bonchev–Trinajstić information content (AvgIpc) is 2.28. The predicted molar refractivity (Wildman–Crippen MR) is 76.3 cm³/mol. The van der Waals surface area contributed by atoms with E-state index in [0.717, 1.165) is 17.7 Å². The molecule has 19 heavy (non-hydrogen) atoms. The number of rotatable bonds is 1. The lowest BCUT2D eigenvalue weighted by atomic mass is 9.80. The highest BCUT2D eigenvalue weighted by Gasteiger charge is 2.40. The Hall–Kier alpha value is -1.09. The van der Waals surface area contributed by atoms with Gasteiger partial charge in [-0.15, -0.1) is 11.6 Å². The van der Waals surface area contributed by atoms with Crippen LogP contribution < -0.4 is 4.90 Å². The molecule has 0 spiro atoms. The van der Waals surface area contributed by atoms with Gasteiger partial charge in [0.05, 0.1) is 0 Å². The molecule has 0 unspecified atom stereocenters. The second-order valence-corrected chi connectivity index (χ2v) is 6.57. The van der Waals surface area contributed by atoms with Gasteiger partial charge in [0.15, 0.2) is 0 Å². The van der Waals surface area contributed by atoms with Crippen LogP contribution in [-0.2, 0) is 4.79 Å². The van der Waals surface area contributed by atoms with Crippen LogP contribution in [0.15, 0.2) is 18.2 Å². The molecule has 104 valence electrons. The van der Waals surface area contributed by atoms with Crippen LogP contribution in [0.1, 0.15) is 45.6 Å². The molecular formula is C15H19ClFNO. The van der Waals surface area contributed by atoms with E-state index in [4.69, 9.17) is 11.6 Å². The van der Waals surface area contributed by atoms with E-state index in [1.807, 2.05) is 13.8 Å². The van der Waals surface area contributed by atoms with Crippen molar-refractivity contribution < 1.29 is 9.18 Å². The summed E-state index contributed by atoms with van der Waals surface area (Å²) >= 11 is 5.96. The normalized spacial score (nSPS) is 22.8. The molecule has 0 N–H and O–H groups in total. The zero-order valence-corrected chi connectivity index (χ0v) is 12.5. The van der Waals surface area contributed by atoms with E-state index in [1.165, 1.54) is 12.1 Å². The molecule has 0 aromatic heterocycles. The monoisotopic (exact) mass is 283 g/mol.